The second-order valence-electron chi connectivity index (χ2n) is 25.7. The minimum absolute atomic E-state index is 0.105. The monoisotopic (exact) mass is 1310 g/mol. The highest BCUT2D eigenvalue weighted by atomic mass is 31.2. The molecular weight excluding hydrogens is 1170 g/mol. The summed E-state index contributed by atoms with van der Waals surface area (Å²) >= 11 is 0. The van der Waals surface area contributed by atoms with E-state index in [0.717, 1.165) is 102 Å². The molecule has 0 heterocycles. The van der Waals surface area contributed by atoms with E-state index >= 15 is 0 Å². The Kier molecular flexibility index (Phi) is 62.1. The standard InChI is InChI=1S/C70H136O17P2/c1-6-9-12-15-17-19-20-21-22-26-29-32-36-39-44-49-54-68(73)81-60-66(87-70(75)56-51-46-41-37-33-30-27-24-23-25-28-31-35-38-43-47-52-63(4)5)62-85-89(78,79)83-58-64(71)57-82-88(76,77)84-61-65(59-80-67(72)53-48-42-14-11-8-3)86-69(74)55-50-45-40-34-18-16-13-10-7-2/h63-66,71H,6-62H2,1-5H3,(H,76,77)(H,78,79)/t64-,65+,66+/m0/s1. The van der Waals surface area contributed by atoms with Crippen LogP contribution in [0.4, 0.5) is 0 Å². The summed E-state index contributed by atoms with van der Waals surface area (Å²) in [5.41, 5.74) is 0. The molecule has 5 atom stereocenters. The Bertz CT molecular complexity index is 1720. The van der Waals surface area contributed by atoms with E-state index in [4.69, 9.17) is 37.0 Å². The van der Waals surface area contributed by atoms with Gasteiger partial charge in [0.25, 0.3) is 0 Å². The van der Waals surface area contributed by atoms with Crippen LogP contribution in [0.2, 0.25) is 0 Å². The van der Waals surface area contributed by atoms with Crippen molar-refractivity contribution < 1.29 is 80.2 Å². The molecule has 528 valence electrons. The van der Waals surface area contributed by atoms with Crippen LogP contribution in [0, 0.1) is 5.92 Å². The summed E-state index contributed by atoms with van der Waals surface area (Å²) in [5, 5.41) is 10.5. The SMILES string of the molecule is CCCCCCCCCCCCCCCCCCC(=O)OC[C@H](COP(=O)(O)OC[C@@H](O)COP(=O)(O)OC[C@@H](COC(=O)CCCCCCC)OC(=O)CCCCCCCCCCC)OC(=O)CCCCCCCCCCCCCCCCCCC(C)C. The van der Waals surface area contributed by atoms with Gasteiger partial charge >= 0.3 is 39.5 Å². The fraction of sp³-hybridized carbons (Fsp3) is 0.943. The van der Waals surface area contributed by atoms with E-state index < -0.39 is 97.5 Å². The van der Waals surface area contributed by atoms with Crippen molar-refractivity contribution in [3.63, 3.8) is 0 Å². The molecule has 19 heteroatoms. The van der Waals surface area contributed by atoms with Crippen molar-refractivity contribution in [2.75, 3.05) is 39.6 Å². The van der Waals surface area contributed by atoms with Gasteiger partial charge in [-0.2, -0.15) is 0 Å². The van der Waals surface area contributed by atoms with Crippen molar-refractivity contribution in [1.82, 2.24) is 0 Å². The molecule has 3 N–H and O–H groups in total. The molecule has 89 heavy (non-hydrogen) atoms. The van der Waals surface area contributed by atoms with Gasteiger partial charge in [-0.1, -0.05) is 311 Å². The minimum Gasteiger partial charge on any atom is -0.462 e. The molecule has 0 aromatic carbocycles. The van der Waals surface area contributed by atoms with Crippen LogP contribution in [0.5, 0.6) is 0 Å². The normalized spacial score (nSPS) is 14.1. The van der Waals surface area contributed by atoms with Crippen molar-refractivity contribution in [1.29, 1.82) is 0 Å². The Morgan fingerprint density at radius 1 is 0.303 bits per heavy atom. The van der Waals surface area contributed by atoms with Gasteiger partial charge in [-0.05, 0) is 31.6 Å². The van der Waals surface area contributed by atoms with Crippen LogP contribution in [0.15, 0.2) is 0 Å². The average molecular weight is 1310 g/mol. The third-order valence-corrected chi connectivity index (χ3v) is 18.2. The van der Waals surface area contributed by atoms with Crippen LogP contribution in [-0.4, -0.2) is 96.7 Å². The van der Waals surface area contributed by atoms with E-state index in [1.54, 1.807) is 0 Å². The number of rotatable bonds is 70. The first-order valence-corrected chi connectivity index (χ1v) is 39.6. The van der Waals surface area contributed by atoms with E-state index in [0.29, 0.717) is 25.7 Å². The number of phosphoric acid groups is 2. The van der Waals surface area contributed by atoms with E-state index in [1.165, 1.54) is 180 Å². The Labute approximate surface area is 543 Å². The Hall–Kier alpha value is -1.94. The van der Waals surface area contributed by atoms with Gasteiger partial charge in [-0.3, -0.25) is 37.3 Å². The number of carbonyl (C=O) groups excluding carboxylic acids is 4. The third kappa shape index (κ3) is 64.6. The number of aliphatic hydroxyl groups excluding tert-OH is 1. The Morgan fingerprint density at radius 2 is 0.517 bits per heavy atom. The number of hydrogen-bond acceptors (Lipinski definition) is 15. The fourth-order valence-electron chi connectivity index (χ4n) is 10.6. The van der Waals surface area contributed by atoms with Gasteiger partial charge in [0.1, 0.15) is 19.3 Å². The lowest BCUT2D eigenvalue weighted by Crippen LogP contribution is -2.30. The summed E-state index contributed by atoms with van der Waals surface area (Å²) in [6.07, 6.45) is 50.4. The lowest BCUT2D eigenvalue weighted by molar-refractivity contribution is -0.161. The van der Waals surface area contributed by atoms with E-state index in [9.17, 15) is 43.2 Å². The van der Waals surface area contributed by atoms with Crippen molar-refractivity contribution >= 4 is 39.5 Å². The van der Waals surface area contributed by atoms with Gasteiger partial charge < -0.3 is 33.8 Å². The topological polar surface area (TPSA) is 237 Å². The second kappa shape index (κ2) is 63.5. The fourth-order valence-corrected chi connectivity index (χ4v) is 12.2. The molecule has 0 radical (unpaired) electrons. The molecule has 0 aromatic rings. The zero-order chi connectivity index (χ0) is 65.6. The average Bonchev–Trinajstić information content (AvgIpc) is 3.56. The summed E-state index contributed by atoms with van der Waals surface area (Å²) in [7, 11) is -9.89. The molecule has 0 amide bonds. The van der Waals surface area contributed by atoms with E-state index in [-0.39, 0.29) is 25.7 Å². The van der Waals surface area contributed by atoms with Crippen LogP contribution in [0.3, 0.4) is 0 Å². The molecule has 2 unspecified atom stereocenters. The van der Waals surface area contributed by atoms with Crippen LogP contribution >= 0.6 is 15.6 Å². The van der Waals surface area contributed by atoms with Crippen molar-refractivity contribution in [2.24, 2.45) is 5.92 Å². The molecule has 0 rings (SSSR count). The van der Waals surface area contributed by atoms with Crippen LogP contribution in [-0.2, 0) is 65.4 Å². The number of aliphatic hydroxyl groups is 1. The number of carbonyl (C=O) groups is 4. The molecule has 0 fully saturated rings. The molecule has 0 aromatic heterocycles. The van der Waals surface area contributed by atoms with Gasteiger partial charge in [-0.25, -0.2) is 9.13 Å². The molecule has 0 spiro atoms. The lowest BCUT2D eigenvalue weighted by atomic mass is 10.0. The maximum Gasteiger partial charge on any atom is 0.472 e. The van der Waals surface area contributed by atoms with Gasteiger partial charge in [0, 0.05) is 25.7 Å². The number of phosphoric ester groups is 2. The molecule has 0 aliphatic heterocycles. The predicted octanol–water partition coefficient (Wildman–Crippen LogP) is 20.1. The molecular formula is C70H136O17P2. The summed E-state index contributed by atoms with van der Waals surface area (Å²) < 4.78 is 68.0. The Balaban J connectivity index is 5.13. The summed E-state index contributed by atoms with van der Waals surface area (Å²) in [6.45, 7) is 7.17. The number of unbranched alkanes of at least 4 members (excludes halogenated alkanes) is 42. The lowest BCUT2D eigenvalue weighted by Gasteiger charge is -2.21. The first-order valence-electron chi connectivity index (χ1n) is 36.6. The van der Waals surface area contributed by atoms with Crippen molar-refractivity contribution in [3.05, 3.63) is 0 Å². The second-order valence-corrected chi connectivity index (χ2v) is 28.7. The zero-order valence-electron chi connectivity index (χ0n) is 57.6. The molecule has 0 bridgehead atoms. The Morgan fingerprint density at radius 3 is 0.764 bits per heavy atom. The number of esters is 4. The van der Waals surface area contributed by atoms with Crippen molar-refractivity contribution in [3.8, 4) is 0 Å². The quantitative estimate of drug-likeness (QED) is 0.0222. The molecule has 0 saturated heterocycles. The number of hydrogen-bond donors (Lipinski definition) is 3. The highest BCUT2D eigenvalue weighted by molar-refractivity contribution is 7.47. The van der Waals surface area contributed by atoms with Gasteiger partial charge in [0.2, 0.25) is 0 Å². The summed E-state index contributed by atoms with van der Waals surface area (Å²) in [4.78, 5) is 72.2. The smallest absolute Gasteiger partial charge is 0.462 e. The van der Waals surface area contributed by atoms with Gasteiger partial charge in [-0.15, -0.1) is 0 Å². The third-order valence-electron chi connectivity index (χ3n) is 16.3. The van der Waals surface area contributed by atoms with Crippen LogP contribution in [0.25, 0.3) is 0 Å². The van der Waals surface area contributed by atoms with Gasteiger partial charge in [0.15, 0.2) is 12.2 Å². The molecule has 0 aliphatic rings. The first-order chi connectivity index (χ1) is 43.0. The van der Waals surface area contributed by atoms with Crippen LogP contribution < -0.4 is 0 Å². The summed E-state index contributed by atoms with van der Waals surface area (Å²) in [5.74, 6) is -1.33. The zero-order valence-corrected chi connectivity index (χ0v) is 59.4. The summed E-state index contributed by atoms with van der Waals surface area (Å²) in [6, 6.07) is 0. The maximum absolute atomic E-state index is 13.0. The number of ether oxygens (including phenoxy) is 4. The first kappa shape index (κ1) is 87.1. The largest absolute Gasteiger partial charge is 0.472 e. The molecule has 0 aliphatic carbocycles. The van der Waals surface area contributed by atoms with E-state index in [2.05, 4.69) is 34.6 Å². The maximum atomic E-state index is 13.0. The van der Waals surface area contributed by atoms with Crippen molar-refractivity contribution in [2.45, 2.75) is 380 Å². The highest BCUT2D eigenvalue weighted by Crippen LogP contribution is 2.45. The molecule has 17 nitrogen and oxygen atoms in total. The minimum atomic E-state index is -4.95. The predicted molar refractivity (Wildman–Crippen MR) is 358 cm³/mol. The molecule has 0 saturated carbocycles. The van der Waals surface area contributed by atoms with Crippen LogP contribution in [0.1, 0.15) is 362 Å². The highest BCUT2D eigenvalue weighted by Gasteiger charge is 2.30. The van der Waals surface area contributed by atoms with Gasteiger partial charge in [0.05, 0.1) is 26.4 Å². The van der Waals surface area contributed by atoms with E-state index in [1.807, 2.05) is 0 Å².